The van der Waals surface area contributed by atoms with Gasteiger partial charge in [0.2, 0.25) is 12.7 Å². The van der Waals surface area contributed by atoms with Gasteiger partial charge in [-0.25, -0.2) is 0 Å². The van der Waals surface area contributed by atoms with Crippen LogP contribution in [0, 0.1) is 5.92 Å². The lowest BCUT2D eigenvalue weighted by Crippen LogP contribution is -2.51. The number of fused-ring (bicyclic) bond motifs is 1. The van der Waals surface area contributed by atoms with Gasteiger partial charge in [-0.1, -0.05) is 18.2 Å². The molecule has 2 saturated heterocycles. The van der Waals surface area contributed by atoms with Crippen LogP contribution in [0.4, 0.5) is 0 Å². The molecular formula is C26H33N3O5. The maximum absolute atomic E-state index is 13.2. The van der Waals surface area contributed by atoms with Crippen molar-refractivity contribution in [3.05, 3.63) is 47.5 Å². The van der Waals surface area contributed by atoms with E-state index in [2.05, 4.69) is 21.9 Å². The molecule has 5 rings (SSSR count). The number of piperazine rings is 1. The number of carbonyl (C=O) groups is 1. The highest BCUT2D eigenvalue weighted by Gasteiger charge is 2.31. The Bertz CT molecular complexity index is 1010. The zero-order chi connectivity index (χ0) is 23.5. The summed E-state index contributed by atoms with van der Waals surface area (Å²) < 4.78 is 16.1. The van der Waals surface area contributed by atoms with Crippen LogP contribution in [-0.2, 0) is 17.9 Å². The molecule has 3 heterocycles. The molecule has 2 fully saturated rings. The van der Waals surface area contributed by atoms with E-state index in [1.165, 1.54) is 5.56 Å². The van der Waals surface area contributed by atoms with Crippen molar-refractivity contribution in [2.24, 2.45) is 5.92 Å². The molecule has 0 aromatic heterocycles. The van der Waals surface area contributed by atoms with E-state index in [9.17, 15) is 9.90 Å². The first kappa shape index (κ1) is 22.8. The number of ether oxygens (including phenoxy) is 3. The Labute approximate surface area is 200 Å². The molecule has 0 radical (unpaired) electrons. The van der Waals surface area contributed by atoms with Gasteiger partial charge < -0.3 is 24.2 Å². The number of carbonyl (C=O) groups excluding carboxylic acids is 1. The Morgan fingerprint density at radius 2 is 1.71 bits per heavy atom. The van der Waals surface area contributed by atoms with Crippen molar-refractivity contribution in [2.45, 2.75) is 25.9 Å². The highest BCUT2D eigenvalue weighted by Crippen LogP contribution is 2.33. The molecule has 0 bridgehead atoms. The van der Waals surface area contributed by atoms with Crippen molar-refractivity contribution in [3.63, 3.8) is 0 Å². The van der Waals surface area contributed by atoms with E-state index in [0.29, 0.717) is 25.0 Å². The van der Waals surface area contributed by atoms with E-state index in [4.69, 9.17) is 14.2 Å². The summed E-state index contributed by atoms with van der Waals surface area (Å²) in [4.78, 5) is 19.9. The molecule has 0 aliphatic carbocycles. The molecular weight excluding hydrogens is 434 g/mol. The highest BCUT2D eigenvalue weighted by molar-refractivity contribution is 5.79. The van der Waals surface area contributed by atoms with Crippen molar-refractivity contribution in [1.29, 1.82) is 0 Å². The topological polar surface area (TPSA) is 74.7 Å². The van der Waals surface area contributed by atoms with Crippen LogP contribution in [0.2, 0.25) is 0 Å². The van der Waals surface area contributed by atoms with Gasteiger partial charge >= 0.3 is 0 Å². The Morgan fingerprint density at radius 3 is 2.47 bits per heavy atom. The van der Waals surface area contributed by atoms with Gasteiger partial charge in [0, 0.05) is 50.7 Å². The number of piperidine rings is 1. The molecule has 0 atom stereocenters. The largest absolute Gasteiger partial charge is 0.504 e. The minimum absolute atomic E-state index is 0.0931. The SMILES string of the molecule is COc1cccc(CN2CCC(C(=O)N3CCN(Cc4ccc5c(c4)OCO5)CC3)CC2)c1O. The predicted octanol–water partition coefficient (Wildman–Crippen LogP) is 2.69. The molecule has 182 valence electrons. The molecule has 8 heteroatoms. The van der Waals surface area contributed by atoms with Crippen molar-refractivity contribution >= 4 is 5.91 Å². The molecule has 3 aliphatic heterocycles. The van der Waals surface area contributed by atoms with Crippen LogP contribution in [-0.4, -0.2) is 78.9 Å². The number of hydrogen-bond acceptors (Lipinski definition) is 7. The zero-order valence-electron chi connectivity index (χ0n) is 19.7. The van der Waals surface area contributed by atoms with Gasteiger partial charge in [-0.3, -0.25) is 14.6 Å². The van der Waals surface area contributed by atoms with Crippen LogP contribution in [0.1, 0.15) is 24.0 Å². The number of phenolic OH excluding ortho intramolecular Hbond substituents is 1. The number of benzene rings is 2. The molecule has 2 aromatic rings. The van der Waals surface area contributed by atoms with E-state index in [0.717, 1.165) is 75.7 Å². The Kier molecular flexibility index (Phi) is 6.78. The lowest BCUT2D eigenvalue weighted by molar-refractivity contribution is -0.139. The quantitative estimate of drug-likeness (QED) is 0.700. The summed E-state index contributed by atoms with van der Waals surface area (Å²) in [5, 5.41) is 10.4. The molecule has 2 aromatic carbocycles. The second-order valence-electron chi connectivity index (χ2n) is 9.31. The first-order chi connectivity index (χ1) is 16.6. The number of hydrogen-bond donors (Lipinski definition) is 1. The summed E-state index contributed by atoms with van der Waals surface area (Å²) in [6.07, 6.45) is 1.72. The fourth-order valence-corrected chi connectivity index (χ4v) is 5.12. The normalized spacial score (nSPS) is 19.4. The van der Waals surface area contributed by atoms with Crippen LogP contribution in [0.5, 0.6) is 23.0 Å². The first-order valence-corrected chi connectivity index (χ1v) is 12.1. The smallest absolute Gasteiger partial charge is 0.231 e. The van der Waals surface area contributed by atoms with E-state index in [1.54, 1.807) is 13.2 Å². The minimum atomic E-state index is 0.0931. The van der Waals surface area contributed by atoms with Gasteiger partial charge in [-0.05, 0) is 49.7 Å². The third-order valence-corrected chi connectivity index (χ3v) is 7.16. The number of nitrogens with zero attached hydrogens (tertiary/aromatic N) is 3. The minimum Gasteiger partial charge on any atom is -0.504 e. The number of methoxy groups -OCH3 is 1. The fourth-order valence-electron chi connectivity index (χ4n) is 5.12. The van der Waals surface area contributed by atoms with E-state index in [-0.39, 0.29) is 11.7 Å². The summed E-state index contributed by atoms with van der Waals surface area (Å²) >= 11 is 0. The number of rotatable bonds is 6. The van der Waals surface area contributed by atoms with Crippen molar-refractivity contribution in [3.8, 4) is 23.0 Å². The van der Waals surface area contributed by atoms with Gasteiger partial charge in [0.25, 0.3) is 0 Å². The standard InChI is InChI=1S/C26H33N3O5/c1-32-23-4-2-3-21(25(23)30)17-27-9-7-20(8-10-27)26(31)29-13-11-28(12-14-29)16-19-5-6-22-24(15-19)34-18-33-22/h2-6,15,20,30H,7-14,16-18H2,1H3. The van der Waals surface area contributed by atoms with Gasteiger partial charge in [-0.15, -0.1) is 0 Å². The number of likely N-dealkylation sites (tertiary alicyclic amines) is 1. The number of aromatic hydroxyl groups is 1. The maximum Gasteiger partial charge on any atom is 0.231 e. The van der Waals surface area contributed by atoms with E-state index in [1.807, 2.05) is 23.1 Å². The second kappa shape index (κ2) is 10.1. The molecule has 1 amide bonds. The first-order valence-electron chi connectivity index (χ1n) is 12.1. The molecule has 0 unspecified atom stereocenters. The third-order valence-electron chi connectivity index (χ3n) is 7.16. The maximum atomic E-state index is 13.2. The highest BCUT2D eigenvalue weighted by atomic mass is 16.7. The molecule has 34 heavy (non-hydrogen) atoms. The lowest BCUT2D eigenvalue weighted by Gasteiger charge is -2.38. The molecule has 3 aliphatic rings. The summed E-state index contributed by atoms with van der Waals surface area (Å²) in [6, 6.07) is 11.7. The molecule has 0 saturated carbocycles. The number of amides is 1. The van der Waals surface area contributed by atoms with E-state index < -0.39 is 0 Å². The summed E-state index contributed by atoms with van der Waals surface area (Å²) in [5.41, 5.74) is 2.07. The van der Waals surface area contributed by atoms with Gasteiger partial charge in [0.15, 0.2) is 23.0 Å². The molecule has 1 N–H and O–H groups in total. The molecule has 0 spiro atoms. The van der Waals surface area contributed by atoms with Gasteiger partial charge in [0.1, 0.15) is 0 Å². The van der Waals surface area contributed by atoms with Crippen LogP contribution in [0.25, 0.3) is 0 Å². The lowest BCUT2D eigenvalue weighted by atomic mass is 9.94. The van der Waals surface area contributed by atoms with Crippen LogP contribution in [0.3, 0.4) is 0 Å². The van der Waals surface area contributed by atoms with Crippen molar-refractivity contribution < 1.29 is 24.1 Å². The summed E-state index contributed by atoms with van der Waals surface area (Å²) in [6.45, 7) is 6.86. The predicted molar refractivity (Wildman–Crippen MR) is 127 cm³/mol. The Hall–Kier alpha value is -2.97. The van der Waals surface area contributed by atoms with Crippen LogP contribution < -0.4 is 14.2 Å². The fraction of sp³-hybridized carbons (Fsp3) is 0.500. The molecule has 8 nitrogen and oxygen atoms in total. The monoisotopic (exact) mass is 467 g/mol. The Morgan fingerprint density at radius 1 is 0.971 bits per heavy atom. The van der Waals surface area contributed by atoms with Gasteiger partial charge in [0.05, 0.1) is 7.11 Å². The summed E-state index contributed by atoms with van der Waals surface area (Å²) in [7, 11) is 1.56. The Balaban J connectivity index is 1.07. The summed E-state index contributed by atoms with van der Waals surface area (Å²) in [5.74, 6) is 2.73. The van der Waals surface area contributed by atoms with E-state index >= 15 is 0 Å². The average molecular weight is 468 g/mol. The van der Waals surface area contributed by atoms with Gasteiger partial charge in [-0.2, -0.15) is 0 Å². The van der Waals surface area contributed by atoms with Crippen molar-refractivity contribution in [1.82, 2.24) is 14.7 Å². The second-order valence-corrected chi connectivity index (χ2v) is 9.31. The van der Waals surface area contributed by atoms with Crippen LogP contribution >= 0.6 is 0 Å². The van der Waals surface area contributed by atoms with Crippen LogP contribution in [0.15, 0.2) is 36.4 Å². The third kappa shape index (κ3) is 4.93. The number of phenols is 1. The number of para-hydroxylation sites is 1. The zero-order valence-corrected chi connectivity index (χ0v) is 19.7. The van der Waals surface area contributed by atoms with Crippen molar-refractivity contribution in [2.75, 3.05) is 53.2 Å². The average Bonchev–Trinajstić information content (AvgIpc) is 3.34.